The molecule has 5 nitrogen and oxygen atoms in total. The van der Waals surface area contributed by atoms with Crippen molar-refractivity contribution >= 4 is 35.0 Å². The van der Waals surface area contributed by atoms with Gasteiger partial charge in [-0.05, 0) is 43.7 Å². The first-order chi connectivity index (χ1) is 13.1. The number of para-hydroxylation sites is 2. The van der Waals surface area contributed by atoms with Crippen LogP contribution in [0.25, 0.3) is 0 Å². The summed E-state index contributed by atoms with van der Waals surface area (Å²) in [6, 6.07) is 14.9. The summed E-state index contributed by atoms with van der Waals surface area (Å²) in [4.78, 5) is 25.0. The Morgan fingerprint density at radius 3 is 2.59 bits per heavy atom. The van der Waals surface area contributed by atoms with Crippen molar-refractivity contribution in [3.05, 3.63) is 48.5 Å². The van der Waals surface area contributed by atoms with E-state index in [4.69, 9.17) is 4.74 Å². The number of unbranched alkanes of at least 4 members (excludes halogenated alkanes) is 1. The van der Waals surface area contributed by atoms with Crippen LogP contribution in [0.5, 0.6) is 5.75 Å². The van der Waals surface area contributed by atoms with E-state index in [1.54, 1.807) is 0 Å². The average Bonchev–Trinajstić information content (AvgIpc) is 2.67. The molecule has 0 radical (unpaired) electrons. The van der Waals surface area contributed by atoms with Crippen LogP contribution in [0.1, 0.15) is 33.1 Å². The highest BCUT2D eigenvalue weighted by Crippen LogP contribution is 2.25. The summed E-state index contributed by atoms with van der Waals surface area (Å²) < 4.78 is 5.52. The number of rotatable bonds is 10. The van der Waals surface area contributed by atoms with Crippen LogP contribution < -0.4 is 15.4 Å². The second-order valence-electron chi connectivity index (χ2n) is 5.95. The first-order valence-corrected chi connectivity index (χ1v) is 10.1. The van der Waals surface area contributed by atoms with Gasteiger partial charge in [0, 0.05) is 17.0 Å². The van der Waals surface area contributed by atoms with E-state index in [1.165, 1.54) is 11.8 Å². The summed E-state index contributed by atoms with van der Waals surface area (Å²) in [5.41, 5.74) is 1.42. The molecule has 2 aromatic carbocycles. The normalized spacial score (nSPS) is 10.3. The number of hydrogen-bond acceptors (Lipinski definition) is 4. The van der Waals surface area contributed by atoms with Crippen molar-refractivity contribution in [2.45, 2.75) is 38.0 Å². The standard InChI is InChI=1S/C21H26N2O3S/c1-3-5-13-20(24)22-16-9-8-10-17(14-16)27-15-21(25)23-18-11-6-7-12-19(18)26-4-2/h6-12,14H,3-5,13,15H2,1-2H3,(H,22,24)(H,23,25). The molecule has 0 saturated carbocycles. The van der Waals surface area contributed by atoms with Gasteiger partial charge in [-0.1, -0.05) is 31.5 Å². The lowest BCUT2D eigenvalue weighted by Crippen LogP contribution is -2.15. The van der Waals surface area contributed by atoms with Crippen molar-refractivity contribution in [2.75, 3.05) is 23.0 Å². The van der Waals surface area contributed by atoms with Gasteiger partial charge in [-0.25, -0.2) is 0 Å². The molecular weight excluding hydrogens is 360 g/mol. The van der Waals surface area contributed by atoms with Gasteiger partial charge in [-0.2, -0.15) is 0 Å². The highest BCUT2D eigenvalue weighted by Gasteiger charge is 2.09. The molecule has 2 aromatic rings. The minimum absolute atomic E-state index is 0.0178. The molecule has 0 aromatic heterocycles. The molecule has 0 heterocycles. The molecule has 0 bridgehead atoms. The van der Waals surface area contributed by atoms with Crippen LogP contribution in [-0.4, -0.2) is 24.2 Å². The average molecular weight is 387 g/mol. The summed E-state index contributed by atoms with van der Waals surface area (Å²) >= 11 is 1.42. The highest BCUT2D eigenvalue weighted by molar-refractivity contribution is 8.00. The molecule has 2 N–H and O–H groups in total. The lowest BCUT2D eigenvalue weighted by Gasteiger charge is -2.11. The van der Waals surface area contributed by atoms with Crippen molar-refractivity contribution in [2.24, 2.45) is 0 Å². The minimum atomic E-state index is -0.107. The second kappa shape index (κ2) is 11.3. The summed E-state index contributed by atoms with van der Waals surface area (Å²) in [6.07, 6.45) is 2.39. The Hall–Kier alpha value is -2.47. The fourth-order valence-corrected chi connectivity index (χ4v) is 3.17. The lowest BCUT2D eigenvalue weighted by atomic mass is 10.2. The van der Waals surface area contributed by atoms with E-state index in [1.807, 2.05) is 55.5 Å². The van der Waals surface area contributed by atoms with Crippen LogP contribution >= 0.6 is 11.8 Å². The monoisotopic (exact) mass is 386 g/mol. The highest BCUT2D eigenvalue weighted by atomic mass is 32.2. The van der Waals surface area contributed by atoms with Crippen LogP contribution in [0.3, 0.4) is 0 Å². The van der Waals surface area contributed by atoms with Crippen molar-refractivity contribution in [3.63, 3.8) is 0 Å². The van der Waals surface area contributed by atoms with Gasteiger partial charge < -0.3 is 15.4 Å². The van der Waals surface area contributed by atoms with Crippen LogP contribution in [0, 0.1) is 0 Å². The SMILES string of the molecule is CCCCC(=O)Nc1cccc(SCC(=O)Nc2ccccc2OCC)c1. The number of thioether (sulfide) groups is 1. The third kappa shape index (κ3) is 7.35. The zero-order valence-electron chi connectivity index (χ0n) is 15.8. The first kappa shape index (κ1) is 20.8. The molecule has 0 saturated heterocycles. The van der Waals surface area contributed by atoms with E-state index in [0.29, 0.717) is 24.5 Å². The Morgan fingerprint density at radius 2 is 1.81 bits per heavy atom. The summed E-state index contributed by atoms with van der Waals surface area (Å²) in [5, 5.41) is 5.78. The Kier molecular flexibility index (Phi) is 8.71. The number of carbonyl (C=O) groups excluding carboxylic acids is 2. The van der Waals surface area contributed by atoms with Gasteiger partial charge in [0.2, 0.25) is 11.8 Å². The number of nitrogens with one attached hydrogen (secondary N) is 2. The van der Waals surface area contributed by atoms with E-state index in [-0.39, 0.29) is 17.6 Å². The lowest BCUT2D eigenvalue weighted by molar-refractivity contribution is -0.116. The van der Waals surface area contributed by atoms with Gasteiger partial charge >= 0.3 is 0 Å². The van der Waals surface area contributed by atoms with Gasteiger partial charge in [-0.3, -0.25) is 9.59 Å². The summed E-state index contributed by atoms with van der Waals surface area (Å²) in [5.74, 6) is 0.845. The molecule has 0 atom stereocenters. The minimum Gasteiger partial charge on any atom is -0.492 e. The van der Waals surface area contributed by atoms with E-state index in [9.17, 15) is 9.59 Å². The Bertz CT molecular complexity index is 765. The fourth-order valence-electron chi connectivity index (χ4n) is 2.41. The number of amides is 2. The number of ether oxygens (including phenoxy) is 1. The van der Waals surface area contributed by atoms with Gasteiger partial charge in [0.05, 0.1) is 18.0 Å². The maximum atomic E-state index is 12.3. The predicted molar refractivity (Wildman–Crippen MR) is 112 cm³/mol. The Morgan fingerprint density at radius 1 is 1.00 bits per heavy atom. The van der Waals surface area contributed by atoms with Crippen LogP contribution in [0.15, 0.2) is 53.4 Å². The van der Waals surface area contributed by atoms with Gasteiger partial charge in [0.15, 0.2) is 0 Å². The number of benzene rings is 2. The van der Waals surface area contributed by atoms with Crippen molar-refractivity contribution < 1.29 is 14.3 Å². The molecule has 0 aliphatic heterocycles. The first-order valence-electron chi connectivity index (χ1n) is 9.16. The molecule has 144 valence electrons. The molecular formula is C21H26N2O3S. The van der Waals surface area contributed by atoms with Crippen molar-refractivity contribution in [3.8, 4) is 5.75 Å². The number of hydrogen-bond donors (Lipinski definition) is 2. The summed E-state index contributed by atoms with van der Waals surface area (Å²) in [7, 11) is 0. The zero-order chi connectivity index (χ0) is 19.5. The largest absolute Gasteiger partial charge is 0.492 e. The molecule has 0 aliphatic rings. The maximum absolute atomic E-state index is 12.3. The molecule has 27 heavy (non-hydrogen) atoms. The predicted octanol–water partition coefficient (Wildman–Crippen LogP) is 4.94. The van der Waals surface area contributed by atoms with Crippen molar-refractivity contribution in [1.29, 1.82) is 0 Å². The molecule has 2 amide bonds. The van der Waals surface area contributed by atoms with E-state index in [0.717, 1.165) is 23.4 Å². The van der Waals surface area contributed by atoms with Crippen LogP contribution in [0.2, 0.25) is 0 Å². The van der Waals surface area contributed by atoms with Gasteiger partial charge in [-0.15, -0.1) is 11.8 Å². The zero-order valence-corrected chi connectivity index (χ0v) is 16.6. The van der Waals surface area contributed by atoms with Gasteiger partial charge in [0.25, 0.3) is 0 Å². The molecule has 0 fully saturated rings. The van der Waals surface area contributed by atoms with E-state index in [2.05, 4.69) is 17.6 Å². The number of anilines is 2. The topological polar surface area (TPSA) is 67.4 Å². The van der Waals surface area contributed by atoms with Crippen LogP contribution in [0.4, 0.5) is 11.4 Å². The Labute approximate surface area is 164 Å². The van der Waals surface area contributed by atoms with E-state index < -0.39 is 0 Å². The molecule has 2 rings (SSSR count). The van der Waals surface area contributed by atoms with Gasteiger partial charge in [0.1, 0.15) is 5.75 Å². The van der Waals surface area contributed by atoms with Crippen LogP contribution in [-0.2, 0) is 9.59 Å². The molecule has 0 aliphatic carbocycles. The third-order valence-corrected chi connectivity index (χ3v) is 4.70. The smallest absolute Gasteiger partial charge is 0.234 e. The van der Waals surface area contributed by atoms with E-state index >= 15 is 0 Å². The fraction of sp³-hybridized carbons (Fsp3) is 0.333. The quantitative estimate of drug-likeness (QED) is 0.567. The molecule has 0 unspecified atom stereocenters. The third-order valence-electron chi connectivity index (χ3n) is 3.71. The van der Waals surface area contributed by atoms with Crippen molar-refractivity contribution in [1.82, 2.24) is 0 Å². The molecule has 6 heteroatoms. The Balaban J connectivity index is 1.88. The second-order valence-corrected chi connectivity index (χ2v) is 6.99. The number of carbonyl (C=O) groups is 2. The summed E-state index contributed by atoms with van der Waals surface area (Å²) in [6.45, 7) is 4.50. The molecule has 0 spiro atoms. The maximum Gasteiger partial charge on any atom is 0.234 e.